The molecule has 0 aliphatic rings. The number of nitrogens with zero attached hydrogens (tertiary/aromatic N) is 3. The third-order valence-corrected chi connectivity index (χ3v) is 4.45. The summed E-state index contributed by atoms with van der Waals surface area (Å²) in [5.74, 6) is -0.0737. The molecule has 0 unspecified atom stereocenters. The van der Waals surface area contributed by atoms with Crippen LogP contribution >= 0.6 is 11.3 Å². The smallest absolute Gasteiger partial charge is 0.165 e. The number of ether oxygens (including phenoxy) is 1. The van der Waals surface area contributed by atoms with E-state index in [9.17, 15) is 4.39 Å². The molecule has 3 aromatic rings. The van der Waals surface area contributed by atoms with E-state index in [4.69, 9.17) is 4.74 Å². The molecule has 2 heterocycles. The molecule has 124 valence electrons. The van der Waals surface area contributed by atoms with Crippen LogP contribution in [0, 0.1) is 5.82 Å². The normalized spacial score (nSPS) is 11.0. The summed E-state index contributed by atoms with van der Waals surface area (Å²) in [7, 11) is 3.45. The molecule has 0 saturated carbocycles. The number of methoxy groups -OCH3 is 1. The van der Waals surface area contributed by atoms with Gasteiger partial charge in [0, 0.05) is 24.7 Å². The van der Waals surface area contributed by atoms with Gasteiger partial charge in [0.1, 0.15) is 5.01 Å². The minimum Gasteiger partial charge on any atom is -0.494 e. The predicted octanol–water partition coefficient (Wildman–Crippen LogP) is 3.98. The number of pyridine rings is 1. The van der Waals surface area contributed by atoms with Gasteiger partial charge in [-0.1, -0.05) is 12.1 Å². The van der Waals surface area contributed by atoms with Crippen LogP contribution < -0.4 is 4.74 Å². The highest BCUT2D eigenvalue weighted by atomic mass is 32.1. The Morgan fingerprint density at radius 1 is 1.21 bits per heavy atom. The fraction of sp³-hybridized carbons (Fsp3) is 0.222. The first-order chi connectivity index (χ1) is 11.7. The Morgan fingerprint density at radius 3 is 2.79 bits per heavy atom. The highest BCUT2D eigenvalue weighted by molar-refractivity contribution is 7.13. The van der Waals surface area contributed by atoms with Gasteiger partial charge in [-0.3, -0.25) is 9.88 Å². The first-order valence-electron chi connectivity index (χ1n) is 7.52. The van der Waals surface area contributed by atoms with Gasteiger partial charge in [-0.25, -0.2) is 9.37 Å². The molecule has 0 N–H and O–H groups in total. The van der Waals surface area contributed by atoms with Crippen LogP contribution in [-0.2, 0) is 13.1 Å². The minimum absolute atomic E-state index is 0.265. The minimum atomic E-state index is -0.338. The molecular formula is C18H18FN3OS. The number of benzene rings is 1. The van der Waals surface area contributed by atoms with Gasteiger partial charge in [0.25, 0.3) is 0 Å². The number of halogens is 1. The van der Waals surface area contributed by atoms with Crippen molar-refractivity contribution in [3.63, 3.8) is 0 Å². The van der Waals surface area contributed by atoms with E-state index in [0.29, 0.717) is 13.1 Å². The fourth-order valence-electron chi connectivity index (χ4n) is 2.44. The molecule has 1 aromatic carbocycles. The maximum atomic E-state index is 13.8. The summed E-state index contributed by atoms with van der Waals surface area (Å²) in [5.41, 5.74) is 2.77. The van der Waals surface area contributed by atoms with E-state index in [2.05, 4.69) is 14.9 Å². The van der Waals surface area contributed by atoms with E-state index in [1.54, 1.807) is 23.6 Å². The molecule has 0 radical (unpaired) electrons. The lowest BCUT2D eigenvalue weighted by Gasteiger charge is -2.15. The monoisotopic (exact) mass is 343 g/mol. The van der Waals surface area contributed by atoms with Gasteiger partial charge < -0.3 is 4.74 Å². The molecule has 0 aliphatic carbocycles. The summed E-state index contributed by atoms with van der Waals surface area (Å²) in [6.45, 7) is 1.33. The van der Waals surface area contributed by atoms with Crippen molar-refractivity contribution in [2.24, 2.45) is 0 Å². The Bertz CT molecular complexity index is 807. The van der Waals surface area contributed by atoms with Gasteiger partial charge in [-0.05, 0) is 36.9 Å². The van der Waals surface area contributed by atoms with Crippen LogP contribution in [0.15, 0.2) is 48.0 Å². The molecular weight excluding hydrogens is 325 g/mol. The summed E-state index contributed by atoms with van der Waals surface area (Å²) in [6.07, 6.45) is 1.76. The Morgan fingerprint density at radius 2 is 2.08 bits per heavy atom. The highest BCUT2D eigenvalue weighted by Gasteiger charge is 2.10. The molecule has 0 spiro atoms. The van der Waals surface area contributed by atoms with Crippen molar-refractivity contribution in [3.05, 3.63) is 65.0 Å². The third-order valence-electron chi connectivity index (χ3n) is 3.54. The zero-order valence-electron chi connectivity index (χ0n) is 13.6. The zero-order chi connectivity index (χ0) is 16.9. The summed E-state index contributed by atoms with van der Waals surface area (Å²) < 4.78 is 18.7. The van der Waals surface area contributed by atoms with Crippen molar-refractivity contribution in [1.29, 1.82) is 0 Å². The third kappa shape index (κ3) is 3.96. The maximum Gasteiger partial charge on any atom is 0.165 e. The van der Waals surface area contributed by atoms with Gasteiger partial charge in [0.15, 0.2) is 11.6 Å². The summed E-state index contributed by atoms with van der Waals surface area (Å²) in [5, 5.41) is 2.95. The van der Waals surface area contributed by atoms with Crippen LogP contribution in [-0.4, -0.2) is 29.0 Å². The molecule has 0 atom stereocenters. The summed E-state index contributed by atoms with van der Waals surface area (Å²) >= 11 is 1.58. The van der Waals surface area contributed by atoms with Gasteiger partial charge >= 0.3 is 0 Å². The molecule has 4 nitrogen and oxygen atoms in total. The lowest BCUT2D eigenvalue weighted by molar-refractivity contribution is 0.314. The maximum absolute atomic E-state index is 13.8. The fourth-order valence-corrected chi connectivity index (χ4v) is 3.23. The summed E-state index contributed by atoms with van der Waals surface area (Å²) in [6, 6.07) is 10.8. The van der Waals surface area contributed by atoms with E-state index in [0.717, 1.165) is 22.0 Å². The number of aromatic nitrogens is 2. The topological polar surface area (TPSA) is 38.2 Å². The van der Waals surface area contributed by atoms with Crippen molar-refractivity contribution in [2.45, 2.75) is 13.1 Å². The lowest BCUT2D eigenvalue weighted by Crippen LogP contribution is -2.17. The van der Waals surface area contributed by atoms with E-state index in [-0.39, 0.29) is 11.6 Å². The van der Waals surface area contributed by atoms with Gasteiger partial charge in [0.2, 0.25) is 0 Å². The molecule has 3 rings (SSSR count). The van der Waals surface area contributed by atoms with E-state index in [1.807, 2.05) is 36.7 Å². The first kappa shape index (κ1) is 16.5. The number of thiazole rings is 1. The van der Waals surface area contributed by atoms with E-state index >= 15 is 0 Å². The SMILES string of the molecule is COc1ccc(CN(C)Cc2csc(-c3ccccn3)n2)cc1F. The lowest BCUT2D eigenvalue weighted by atomic mass is 10.2. The van der Waals surface area contributed by atoms with Crippen molar-refractivity contribution in [1.82, 2.24) is 14.9 Å². The Hall–Kier alpha value is -2.31. The van der Waals surface area contributed by atoms with E-state index < -0.39 is 0 Å². The van der Waals surface area contributed by atoms with Gasteiger partial charge in [-0.15, -0.1) is 11.3 Å². The van der Waals surface area contributed by atoms with Crippen LogP contribution in [0.5, 0.6) is 5.75 Å². The average Bonchev–Trinajstić information content (AvgIpc) is 3.04. The van der Waals surface area contributed by atoms with Crippen LogP contribution in [0.4, 0.5) is 4.39 Å². The Labute approximate surface area is 144 Å². The van der Waals surface area contributed by atoms with Crippen LogP contribution in [0.3, 0.4) is 0 Å². The standard InChI is InChI=1S/C18H18FN3OS/c1-22(10-13-6-7-17(23-2)15(19)9-13)11-14-12-24-18(21-14)16-5-3-4-8-20-16/h3-9,12H,10-11H2,1-2H3. The second-order valence-electron chi connectivity index (χ2n) is 5.50. The molecule has 0 bridgehead atoms. The molecule has 0 fully saturated rings. The second kappa shape index (κ2) is 7.51. The summed E-state index contributed by atoms with van der Waals surface area (Å²) in [4.78, 5) is 11.0. The molecule has 2 aromatic heterocycles. The van der Waals surface area contributed by atoms with Gasteiger partial charge in [-0.2, -0.15) is 0 Å². The molecule has 0 aliphatic heterocycles. The van der Waals surface area contributed by atoms with Crippen molar-refractivity contribution < 1.29 is 9.13 Å². The van der Waals surface area contributed by atoms with Crippen molar-refractivity contribution in [2.75, 3.05) is 14.2 Å². The molecule has 6 heteroatoms. The van der Waals surface area contributed by atoms with Crippen LogP contribution in [0.2, 0.25) is 0 Å². The van der Waals surface area contributed by atoms with E-state index in [1.165, 1.54) is 13.2 Å². The number of hydrogen-bond acceptors (Lipinski definition) is 5. The number of hydrogen-bond donors (Lipinski definition) is 0. The largest absolute Gasteiger partial charge is 0.494 e. The predicted molar refractivity (Wildman–Crippen MR) is 93.5 cm³/mol. The zero-order valence-corrected chi connectivity index (χ0v) is 14.4. The van der Waals surface area contributed by atoms with Crippen LogP contribution in [0.25, 0.3) is 10.7 Å². The Balaban J connectivity index is 1.64. The molecule has 0 saturated heterocycles. The highest BCUT2D eigenvalue weighted by Crippen LogP contribution is 2.23. The van der Waals surface area contributed by atoms with Gasteiger partial charge in [0.05, 0.1) is 18.5 Å². The number of rotatable bonds is 6. The van der Waals surface area contributed by atoms with Crippen molar-refractivity contribution >= 4 is 11.3 Å². The van der Waals surface area contributed by atoms with Crippen molar-refractivity contribution in [3.8, 4) is 16.5 Å². The molecule has 24 heavy (non-hydrogen) atoms. The van der Waals surface area contributed by atoms with Crippen LogP contribution in [0.1, 0.15) is 11.3 Å². The first-order valence-corrected chi connectivity index (χ1v) is 8.40. The molecule has 0 amide bonds. The second-order valence-corrected chi connectivity index (χ2v) is 6.36. The average molecular weight is 343 g/mol. The Kier molecular flexibility index (Phi) is 5.17. The quantitative estimate of drug-likeness (QED) is 0.678.